The minimum atomic E-state index is 0.0310. The first kappa shape index (κ1) is 18.6. The van der Waals surface area contributed by atoms with Gasteiger partial charge in [-0.2, -0.15) is 0 Å². The lowest BCUT2D eigenvalue weighted by molar-refractivity contribution is 0.0705. The Morgan fingerprint density at radius 2 is 2.11 bits per heavy atom. The van der Waals surface area contributed by atoms with E-state index in [1.165, 1.54) is 0 Å². The molecule has 0 unspecified atom stereocenters. The van der Waals surface area contributed by atoms with Gasteiger partial charge in [-0.05, 0) is 38.0 Å². The fraction of sp³-hybridized carbons (Fsp3) is 0.429. The molecule has 2 N–H and O–H groups in total. The minimum absolute atomic E-state index is 0.0310. The Balaban J connectivity index is 1.46. The second-order valence-corrected chi connectivity index (χ2v) is 7.34. The smallest absolute Gasteiger partial charge is 0.270 e. The number of aliphatic hydroxyl groups excluding tert-OH is 1. The molecule has 28 heavy (non-hydrogen) atoms. The first-order valence-electron chi connectivity index (χ1n) is 9.69. The number of hydrogen-bond acceptors (Lipinski definition) is 4. The van der Waals surface area contributed by atoms with Gasteiger partial charge in [0.05, 0.1) is 13.7 Å². The number of ether oxygens (including phenoxy) is 1. The van der Waals surface area contributed by atoms with E-state index in [-0.39, 0.29) is 12.5 Å². The molecule has 0 saturated carbocycles. The second-order valence-electron chi connectivity index (χ2n) is 7.34. The number of nitrogens with zero attached hydrogens (tertiary/aromatic N) is 3. The van der Waals surface area contributed by atoms with Crippen LogP contribution in [0.5, 0.6) is 5.75 Å². The molecule has 1 saturated heterocycles. The SMILES string of the molecule is COc1ccc2cc(C(=O)N3CCC(c4ncc(C)n4CCO)CC3)[nH]c2c1. The summed E-state index contributed by atoms with van der Waals surface area (Å²) in [6, 6.07) is 7.66. The number of benzene rings is 1. The van der Waals surface area contributed by atoms with Gasteiger partial charge in [0.1, 0.15) is 17.3 Å². The lowest BCUT2D eigenvalue weighted by atomic mass is 9.95. The van der Waals surface area contributed by atoms with E-state index >= 15 is 0 Å². The van der Waals surface area contributed by atoms with Crippen molar-refractivity contribution in [2.75, 3.05) is 26.8 Å². The zero-order chi connectivity index (χ0) is 19.7. The molecule has 0 bridgehead atoms. The van der Waals surface area contributed by atoms with Gasteiger partial charge in [-0.25, -0.2) is 4.98 Å². The molecule has 1 fully saturated rings. The molecule has 2 aromatic heterocycles. The number of imidazole rings is 1. The summed E-state index contributed by atoms with van der Waals surface area (Å²) in [4.78, 5) is 22.6. The summed E-state index contributed by atoms with van der Waals surface area (Å²) in [7, 11) is 1.63. The van der Waals surface area contributed by atoms with Gasteiger partial charge < -0.3 is 24.3 Å². The molecule has 3 heterocycles. The fourth-order valence-electron chi connectivity index (χ4n) is 4.06. The van der Waals surface area contributed by atoms with Gasteiger partial charge in [0, 0.05) is 54.4 Å². The number of fused-ring (bicyclic) bond motifs is 1. The van der Waals surface area contributed by atoms with Crippen LogP contribution in [-0.4, -0.2) is 57.3 Å². The van der Waals surface area contributed by atoms with Crippen molar-refractivity contribution in [2.24, 2.45) is 0 Å². The van der Waals surface area contributed by atoms with Gasteiger partial charge in [-0.3, -0.25) is 4.79 Å². The van der Waals surface area contributed by atoms with E-state index < -0.39 is 0 Å². The monoisotopic (exact) mass is 382 g/mol. The van der Waals surface area contributed by atoms with Crippen LogP contribution in [0.25, 0.3) is 10.9 Å². The third-order valence-corrected chi connectivity index (χ3v) is 5.62. The van der Waals surface area contributed by atoms with Crippen molar-refractivity contribution in [1.29, 1.82) is 0 Å². The van der Waals surface area contributed by atoms with Crippen molar-refractivity contribution in [3.63, 3.8) is 0 Å². The van der Waals surface area contributed by atoms with Crippen LogP contribution >= 0.6 is 0 Å². The number of aromatic nitrogens is 3. The lowest BCUT2D eigenvalue weighted by Gasteiger charge is -2.31. The number of aliphatic hydroxyl groups is 1. The van der Waals surface area contributed by atoms with Crippen LogP contribution in [0.4, 0.5) is 0 Å². The molecule has 0 radical (unpaired) electrons. The van der Waals surface area contributed by atoms with Crippen molar-refractivity contribution >= 4 is 16.8 Å². The summed E-state index contributed by atoms with van der Waals surface area (Å²) in [5.41, 5.74) is 2.58. The van der Waals surface area contributed by atoms with Gasteiger partial charge in [0.15, 0.2) is 0 Å². The predicted octanol–water partition coefficient (Wildman–Crippen LogP) is 2.69. The summed E-state index contributed by atoms with van der Waals surface area (Å²) in [5.74, 6) is 2.14. The van der Waals surface area contributed by atoms with Crippen LogP contribution < -0.4 is 4.74 Å². The average molecular weight is 382 g/mol. The Morgan fingerprint density at radius 3 is 2.82 bits per heavy atom. The zero-order valence-electron chi connectivity index (χ0n) is 16.3. The van der Waals surface area contributed by atoms with Crippen molar-refractivity contribution in [3.8, 4) is 5.75 Å². The van der Waals surface area contributed by atoms with E-state index in [9.17, 15) is 9.90 Å². The molecular formula is C21H26N4O3. The number of methoxy groups -OCH3 is 1. The van der Waals surface area contributed by atoms with Crippen molar-refractivity contribution < 1.29 is 14.6 Å². The van der Waals surface area contributed by atoms with E-state index in [0.29, 0.717) is 31.2 Å². The summed E-state index contributed by atoms with van der Waals surface area (Å²) in [5, 5.41) is 10.3. The fourth-order valence-corrected chi connectivity index (χ4v) is 4.06. The third-order valence-electron chi connectivity index (χ3n) is 5.62. The van der Waals surface area contributed by atoms with Crippen LogP contribution in [0, 0.1) is 6.92 Å². The minimum Gasteiger partial charge on any atom is -0.497 e. The van der Waals surface area contributed by atoms with Crippen molar-refractivity contribution in [2.45, 2.75) is 32.2 Å². The highest BCUT2D eigenvalue weighted by molar-refractivity contribution is 5.98. The number of likely N-dealkylation sites (tertiary alicyclic amines) is 1. The average Bonchev–Trinajstić information content (AvgIpc) is 3.31. The Bertz CT molecular complexity index is 983. The number of H-pyrrole nitrogens is 1. The van der Waals surface area contributed by atoms with Gasteiger partial charge in [-0.1, -0.05) is 0 Å². The summed E-state index contributed by atoms with van der Waals surface area (Å²) < 4.78 is 7.34. The van der Waals surface area contributed by atoms with E-state index in [1.54, 1.807) is 7.11 Å². The molecule has 4 rings (SSSR count). The first-order chi connectivity index (χ1) is 13.6. The lowest BCUT2D eigenvalue weighted by Crippen LogP contribution is -2.38. The second kappa shape index (κ2) is 7.67. The maximum atomic E-state index is 13.0. The molecule has 148 valence electrons. The Hall–Kier alpha value is -2.80. The number of piperidine rings is 1. The molecule has 1 aromatic carbocycles. The maximum Gasteiger partial charge on any atom is 0.270 e. The van der Waals surface area contributed by atoms with Crippen LogP contribution in [0.1, 0.15) is 40.8 Å². The summed E-state index contributed by atoms with van der Waals surface area (Å²) in [6.45, 7) is 4.09. The van der Waals surface area contributed by atoms with Crippen LogP contribution in [-0.2, 0) is 6.54 Å². The molecule has 0 atom stereocenters. The number of carbonyl (C=O) groups excluding carboxylic acids is 1. The van der Waals surface area contributed by atoms with Gasteiger partial charge in [0.25, 0.3) is 5.91 Å². The zero-order valence-corrected chi connectivity index (χ0v) is 16.3. The molecule has 1 aliphatic heterocycles. The molecule has 7 nitrogen and oxygen atoms in total. The number of hydrogen-bond donors (Lipinski definition) is 2. The quantitative estimate of drug-likeness (QED) is 0.711. The molecular weight excluding hydrogens is 356 g/mol. The van der Waals surface area contributed by atoms with Crippen molar-refractivity contribution in [3.05, 3.63) is 47.7 Å². The summed E-state index contributed by atoms with van der Waals surface area (Å²) in [6.07, 6.45) is 3.62. The Kier molecular flexibility index (Phi) is 5.09. The number of nitrogens with one attached hydrogen (secondary N) is 1. The standard InChI is InChI=1S/C21H26N4O3/c1-14-13-22-20(25(14)9-10-26)15-5-7-24(8-6-15)21(27)19-11-16-3-4-17(28-2)12-18(16)23-19/h3-4,11-13,15,23,26H,5-10H2,1-2H3. The van der Waals surface area contributed by atoms with Crippen molar-refractivity contribution in [1.82, 2.24) is 19.4 Å². The van der Waals surface area contributed by atoms with Gasteiger partial charge in [0.2, 0.25) is 0 Å². The molecule has 1 amide bonds. The molecule has 3 aromatic rings. The van der Waals surface area contributed by atoms with E-state index in [1.807, 2.05) is 42.3 Å². The largest absolute Gasteiger partial charge is 0.497 e. The van der Waals surface area contributed by atoms with Crippen LogP contribution in [0.2, 0.25) is 0 Å². The van der Waals surface area contributed by atoms with Gasteiger partial charge >= 0.3 is 0 Å². The highest BCUT2D eigenvalue weighted by Gasteiger charge is 2.28. The highest BCUT2D eigenvalue weighted by atomic mass is 16.5. The van der Waals surface area contributed by atoms with Crippen LogP contribution in [0.3, 0.4) is 0 Å². The highest BCUT2D eigenvalue weighted by Crippen LogP contribution is 2.29. The third kappa shape index (κ3) is 3.38. The first-order valence-corrected chi connectivity index (χ1v) is 9.69. The molecule has 0 aliphatic carbocycles. The molecule has 7 heteroatoms. The molecule has 1 aliphatic rings. The Labute approximate surface area is 163 Å². The number of carbonyl (C=O) groups is 1. The molecule has 0 spiro atoms. The number of rotatable bonds is 5. The van der Waals surface area contributed by atoms with E-state index in [4.69, 9.17) is 4.74 Å². The summed E-state index contributed by atoms with van der Waals surface area (Å²) >= 11 is 0. The number of aromatic amines is 1. The van der Waals surface area contributed by atoms with Gasteiger partial charge in [-0.15, -0.1) is 0 Å². The van der Waals surface area contributed by atoms with E-state index in [2.05, 4.69) is 14.5 Å². The normalized spacial score (nSPS) is 15.3. The number of amides is 1. The Morgan fingerprint density at radius 1 is 1.32 bits per heavy atom. The maximum absolute atomic E-state index is 13.0. The topological polar surface area (TPSA) is 83.4 Å². The van der Waals surface area contributed by atoms with Crippen LogP contribution in [0.15, 0.2) is 30.5 Å². The predicted molar refractivity (Wildman–Crippen MR) is 107 cm³/mol. The van der Waals surface area contributed by atoms with E-state index in [0.717, 1.165) is 41.0 Å². The number of aryl methyl sites for hydroxylation is 1.